The van der Waals surface area contributed by atoms with Crippen LogP contribution in [-0.4, -0.2) is 38.1 Å². The molecule has 0 saturated heterocycles. The molecule has 0 aliphatic heterocycles. The number of carbonyl (C=O) groups excluding carboxylic acids is 1. The number of aliphatic hydroxyl groups is 1. The lowest BCUT2D eigenvalue weighted by molar-refractivity contribution is -0.389. The highest BCUT2D eigenvalue weighted by Gasteiger charge is 2.15. The summed E-state index contributed by atoms with van der Waals surface area (Å²) in [6.07, 6.45) is 1.48. The Morgan fingerprint density at radius 2 is 2.39 bits per heavy atom. The summed E-state index contributed by atoms with van der Waals surface area (Å²) in [4.78, 5) is 25.1. The van der Waals surface area contributed by atoms with E-state index in [0.717, 1.165) is 0 Å². The summed E-state index contributed by atoms with van der Waals surface area (Å²) < 4.78 is 1.56. The number of rotatable bonds is 6. The van der Waals surface area contributed by atoms with Crippen molar-refractivity contribution in [1.82, 2.24) is 14.9 Å². The Balaban J connectivity index is 2.53. The van der Waals surface area contributed by atoms with Crippen molar-refractivity contribution in [2.45, 2.75) is 32.9 Å². The molecule has 0 saturated carbocycles. The highest BCUT2D eigenvalue weighted by atomic mass is 16.6. The minimum absolute atomic E-state index is 0.124. The predicted molar refractivity (Wildman–Crippen MR) is 62.9 cm³/mol. The van der Waals surface area contributed by atoms with Gasteiger partial charge in [0.15, 0.2) is 0 Å². The molecule has 2 N–H and O–H groups in total. The van der Waals surface area contributed by atoms with Gasteiger partial charge >= 0.3 is 5.82 Å². The highest BCUT2D eigenvalue weighted by molar-refractivity contribution is 5.76. The lowest BCUT2D eigenvalue weighted by atomic mass is 10.3. The number of imidazole rings is 1. The molecule has 100 valence electrons. The van der Waals surface area contributed by atoms with Crippen LogP contribution in [0.2, 0.25) is 0 Å². The molecule has 0 bridgehead atoms. The Bertz CT molecular complexity index is 443. The van der Waals surface area contributed by atoms with Crippen molar-refractivity contribution in [3.8, 4) is 0 Å². The van der Waals surface area contributed by atoms with E-state index < -0.39 is 4.92 Å². The zero-order valence-electron chi connectivity index (χ0n) is 10.3. The maximum Gasteiger partial charge on any atom is 0.381 e. The van der Waals surface area contributed by atoms with E-state index in [2.05, 4.69) is 10.3 Å². The van der Waals surface area contributed by atoms with Gasteiger partial charge in [-0.1, -0.05) is 0 Å². The van der Waals surface area contributed by atoms with Crippen LogP contribution in [0.4, 0.5) is 5.82 Å². The second-order valence-electron chi connectivity index (χ2n) is 4.00. The molecular formula is C10H16N4O4. The molecule has 1 atom stereocenters. The molecule has 8 heteroatoms. The van der Waals surface area contributed by atoms with Crippen LogP contribution in [0.25, 0.3) is 0 Å². The van der Waals surface area contributed by atoms with E-state index in [1.807, 2.05) is 0 Å². The number of nitrogens with zero attached hydrogens (tertiary/aromatic N) is 3. The molecule has 1 rings (SSSR count). The van der Waals surface area contributed by atoms with Crippen molar-refractivity contribution in [1.29, 1.82) is 0 Å². The van der Waals surface area contributed by atoms with Gasteiger partial charge in [-0.25, -0.2) is 0 Å². The van der Waals surface area contributed by atoms with E-state index in [4.69, 9.17) is 5.11 Å². The third-order valence-electron chi connectivity index (χ3n) is 2.41. The summed E-state index contributed by atoms with van der Waals surface area (Å²) in [6.45, 7) is 3.52. The second kappa shape index (κ2) is 6.10. The first-order valence-corrected chi connectivity index (χ1v) is 5.52. The Morgan fingerprint density at radius 3 is 2.89 bits per heavy atom. The molecule has 1 aromatic rings. The largest absolute Gasteiger partial charge is 0.394 e. The van der Waals surface area contributed by atoms with Crippen LogP contribution in [0.15, 0.2) is 6.20 Å². The van der Waals surface area contributed by atoms with Crippen molar-refractivity contribution in [3.63, 3.8) is 0 Å². The lowest BCUT2D eigenvalue weighted by Gasteiger charge is -2.10. The molecule has 0 aliphatic rings. The number of aliphatic hydroxyl groups excluding tert-OH is 1. The van der Waals surface area contributed by atoms with Crippen molar-refractivity contribution >= 4 is 11.7 Å². The van der Waals surface area contributed by atoms with Gasteiger partial charge in [0.25, 0.3) is 0 Å². The standard InChI is InChI=1S/C10H16N4O4/c1-7(6-15)11-10(16)3-4-13-5-9(14(17)18)12-8(13)2/h5,7,15H,3-4,6H2,1-2H3,(H,11,16). The molecule has 1 unspecified atom stereocenters. The molecule has 0 aliphatic carbocycles. The van der Waals surface area contributed by atoms with Crippen LogP contribution < -0.4 is 5.32 Å². The van der Waals surface area contributed by atoms with E-state index in [1.54, 1.807) is 18.4 Å². The monoisotopic (exact) mass is 256 g/mol. The molecule has 8 nitrogen and oxygen atoms in total. The summed E-state index contributed by atoms with van der Waals surface area (Å²) in [5, 5.41) is 21.9. The molecule has 0 aromatic carbocycles. The number of aryl methyl sites for hydroxylation is 2. The maximum atomic E-state index is 11.4. The Kier molecular flexibility index (Phi) is 4.78. The fourth-order valence-electron chi connectivity index (χ4n) is 1.42. The molecule has 1 heterocycles. The van der Waals surface area contributed by atoms with Crippen molar-refractivity contribution in [2.24, 2.45) is 0 Å². The van der Waals surface area contributed by atoms with Crippen LogP contribution in [-0.2, 0) is 11.3 Å². The minimum Gasteiger partial charge on any atom is -0.394 e. The Morgan fingerprint density at radius 1 is 1.72 bits per heavy atom. The summed E-state index contributed by atoms with van der Waals surface area (Å²) >= 11 is 0. The first-order valence-electron chi connectivity index (χ1n) is 5.52. The molecule has 0 spiro atoms. The van der Waals surface area contributed by atoms with Crippen molar-refractivity contribution in [3.05, 3.63) is 22.1 Å². The van der Waals surface area contributed by atoms with Gasteiger partial charge in [0.1, 0.15) is 6.20 Å². The van der Waals surface area contributed by atoms with E-state index in [1.165, 1.54) is 6.20 Å². The van der Waals surface area contributed by atoms with Crippen LogP contribution in [0.3, 0.4) is 0 Å². The van der Waals surface area contributed by atoms with Gasteiger partial charge in [-0.2, -0.15) is 0 Å². The number of nitro groups is 1. The van der Waals surface area contributed by atoms with Gasteiger partial charge in [-0.3, -0.25) is 4.79 Å². The molecular weight excluding hydrogens is 240 g/mol. The highest BCUT2D eigenvalue weighted by Crippen LogP contribution is 2.10. The number of aromatic nitrogens is 2. The summed E-state index contributed by atoms with van der Waals surface area (Å²) in [5.74, 6) is 0.0497. The number of hydrogen-bond acceptors (Lipinski definition) is 5. The molecule has 18 heavy (non-hydrogen) atoms. The third kappa shape index (κ3) is 3.81. The molecule has 1 amide bonds. The zero-order chi connectivity index (χ0) is 13.7. The average Bonchev–Trinajstić information content (AvgIpc) is 2.68. The first kappa shape index (κ1) is 14.1. The van der Waals surface area contributed by atoms with Crippen LogP contribution >= 0.6 is 0 Å². The number of carbonyl (C=O) groups is 1. The average molecular weight is 256 g/mol. The van der Waals surface area contributed by atoms with Crippen molar-refractivity contribution < 1.29 is 14.8 Å². The quantitative estimate of drug-likeness (QED) is 0.549. The molecule has 0 fully saturated rings. The third-order valence-corrected chi connectivity index (χ3v) is 2.41. The number of hydrogen-bond donors (Lipinski definition) is 2. The zero-order valence-corrected chi connectivity index (χ0v) is 10.3. The molecule has 0 radical (unpaired) electrons. The van der Waals surface area contributed by atoms with E-state index >= 15 is 0 Å². The Hall–Kier alpha value is -1.96. The van der Waals surface area contributed by atoms with Gasteiger partial charge in [0.2, 0.25) is 11.7 Å². The maximum absolute atomic E-state index is 11.4. The van der Waals surface area contributed by atoms with Crippen LogP contribution in [0.5, 0.6) is 0 Å². The van der Waals surface area contributed by atoms with Gasteiger partial charge in [-0.15, -0.1) is 0 Å². The summed E-state index contributed by atoms with van der Waals surface area (Å²) in [5.41, 5.74) is 0. The van der Waals surface area contributed by atoms with Gasteiger partial charge in [0.05, 0.1) is 6.61 Å². The van der Waals surface area contributed by atoms with E-state index in [0.29, 0.717) is 12.4 Å². The minimum atomic E-state index is -0.572. The normalized spacial score (nSPS) is 12.2. The fraction of sp³-hybridized carbons (Fsp3) is 0.600. The SMILES string of the molecule is Cc1nc([N+](=O)[O-])cn1CCC(=O)NC(C)CO. The smallest absolute Gasteiger partial charge is 0.381 e. The topological polar surface area (TPSA) is 110 Å². The van der Waals surface area contributed by atoms with Crippen LogP contribution in [0, 0.1) is 17.0 Å². The Labute approximate surface area is 104 Å². The van der Waals surface area contributed by atoms with Gasteiger partial charge in [-0.05, 0) is 16.8 Å². The number of nitrogens with one attached hydrogen (secondary N) is 1. The molecule has 1 aromatic heterocycles. The second-order valence-corrected chi connectivity index (χ2v) is 4.00. The lowest BCUT2D eigenvalue weighted by Crippen LogP contribution is -2.35. The van der Waals surface area contributed by atoms with E-state index in [-0.39, 0.29) is 30.8 Å². The van der Waals surface area contributed by atoms with Crippen molar-refractivity contribution in [2.75, 3.05) is 6.61 Å². The van der Waals surface area contributed by atoms with Gasteiger partial charge < -0.3 is 25.1 Å². The summed E-state index contributed by atoms with van der Waals surface area (Å²) in [6, 6.07) is -0.296. The van der Waals surface area contributed by atoms with Gasteiger partial charge in [0, 0.05) is 25.9 Å². The van der Waals surface area contributed by atoms with E-state index in [9.17, 15) is 14.9 Å². The summed E-state index contributed by atoms with van der Waals surface area (Å²) in [7, 11) is 0. The van der Waals surface area contributed by atoms with Crippen LogP contribution in [0.1, 0.15) is 19.2 Å². The predicted octanol–water partition coefficient (Wildman–Crippen LogP) is -0.0132. The first-order chi connectivity index (χ1) is 8.43. The fourth-order valence-corrected chi connectivity index (χ4v) is 1.42. The number of amides is 1.